The first-order valence-corrected chi connectivity index (χ1v) is 7.83. The highest BCUT2D eigenvalue weighted by Gasteiger charge is 2.45. The van der Waals surface area contributed by atoms with Crippen LogP contribution in [0.5, 0.6) is 0 Å². The van der Waals surface area contributed by atoms with E-state index in [-0.39, 0.29) is 5.97 Å². The summed E-state index contributed by atoms with van der Waals surface area (Å²) in [6.07, 6.45) is 1.69. The lowest BCUT2D eigenvalue weighted by Gasteiger charge is -2.41. The SMILES string of the molecule is CCC(C(=O)OC)(c1ccc(Cl)cc1)N1CCCNCC1. The quantitative estimate of drug-likeness (QED) is 0.867. The summed E-state index contributed by atoms with van der Waals surface area (Å²) in [4.78, 5) is 14.9. The molecule has 1 aliphatic heterocycles. The van der Waals surface area contributed by atoms with Gasteiger partial charge < -0.3 is 10.1 Å². The maximum atomic E-state index is 12.6. The summed E-state index contributed by atoms with van der Waals surface area (Å²) in [5.74, 6) is -0.200. The van der Waals surface area contributed by atoms with E-state index in [2.05, 4.69) is 10.2 Å². The van der Waals surface area contributed by atoms with Crippen LogP contribution in [0.15, 0.2) is 24.3 Å². The molecule has 0 aromatic heterocycles. The van der Waals surface area contributed by atoms with Crippen LogP contribution in [0.4, 0.5) is 0 Å². The fraction of sp³-hybridized carbons (Fsp3) is 0.562. The number of carbonyl (C=O) groups is 1. The van der Waals surface area contributed by atoms with Crippen molar-refractivity contribution in [1.82, 2.24) is 10.2 Å². The molecule has 21 heavy (non-hydrogen) atoms. The molecule has 5 heteroatoms. The van der Waals surface area contributed by atoms with Crippen LogP contribution in [-0.4, -0.2) is 44.2 Å². The first-order chi connectivity index (χ1) is 10.1. The maximum Gasteiger partial charge on any atom is 0.330 e. The van der Waals surface area contributed by atoms with Gasteiger partial charge in [-0.2, -0.15) is 0 Å². The molecule has 0 saturated carbocycles. The molecule has 116 valence electrons. The van der Waals surface area contributed by atoms with Gasteiger partial charge in [0.1, 0.15) is 5.54 Å². The summed E-state index contributed by atoms with van der Waals surface area (Å²) >= 11 is 5.99. The summed E-state index contributed by atoms with van der Waals surface area (Å²) in [5.41, 5.74) is 0.217. The smallest absolute Gasteiger partial charge is 0.330 e. The first kappa shape index (κ1) is 16.3. The van der Waals surface area contributed by atoms with Crippen molar-refractivity contribution in [2.75, 3.05) is 33.3 Å². The van der Waals surface area contributed by atoms with Gasteiger partial charge in [0.05, 0.1) is 7.11 Å². The Bertz CT molecular complexity index is 470. The zero-order valence-electron chi connectivity index (χ0n) is 12.7. The molecule has 0 bridgehead atoms. The standard InChI is InChI=1S/C16H23ClN2O2/c1-3-16(15(20)21-2,13-5-7-14(17)8-6-13)19-11-4-9-18-10-12-19/h5-8,18H,3-4,9-12H2,1-2H3. The molecule has 1 aliphatic rings. The van der Waals surface area contributed by atoms with E-state index in [0.29, 0.717) is 11.4 Å². The van der Waals surface area contributed by atoms with Gasteiger partial charge >= 0.3 is 5.97 Å². The molecule has 0 spiro atoms. The first-order valence-electron chi connectivity index (χ1n) is 7.45. The molecule has 0 amide bonds. The van der Waals surface area contributed by atoms with Crippen LogP contribution in [-0.2, 0) is 15.1 Å². The predicted octanol–water partition coefficient (Wildman–Crippen LogP) is 2.41. The molecular weight excluding hydrogens is 288 g/mol. The summed E-state index contributed by atoms with van der Waals surface area (Å²) in [6, 6.07) is 7.53. The molecule has 1 N–H and O–H groups in total. The van der Waals surface area contributed by atoms with Gasteiger partial charge in [-0.25, -0.2) is 4.79 Å². The van der Waals surface area contributed by atoms with Crippen molar-refractivity contribution in [3.63, 3.8) is 0 Å². The predicted molar refractivity (Wildman–Crippen MR) is 84.5 cm³/mol. The van der Waals surface area contributed by atoms with Crippen molar-refractivity contribution in [2.45, 2.75) is 25.3 Å². The van der Waals surface area contributed by atoms with E-state index in [1.807, 2.05) is 31.2 Å². The summed E-state index contributed by atoms with van der Waals surface area (Å²) in [7, 11) is 1.46. The monoisotopic (exact) mass is 310 g/mol. The number of hydrogen-bond donors (Lipinski definition) is 1. The minimum atomic E-state index is -0.731. The number of esters is 1. The van der Waals surface area contributed by atoms with E-state index in [1.54, 1.807) is 0 Å². The van der Waals surface area contributed by atoms with Gasteiger partial charge in [-0.1, -0.05) is 30.7 Å². The van der Waals surface area contributed by atoms with E-state index in [9.17, 15) is 4.79 Å². The van der Waals surface area contributed by atoms with Crippen molar-refractivity contribution < 1.29 is 9.53 Å². The number of nitrogens with one attached hydrogen (secondary N) is 1. The number of methoxy groups -OCH3 is 1. The second-order valence-corrected chi connectivity index (χ2v) is 5.74. The number of ether oxygens (including phenoxy) is 1. The van der Waals surface area contributed by atoms with Crippen molar-refractivity contribution >= 4 is 17.6 Å². The topological polar surface area (TPSA) is 41.6 Å². The van der Waals surface area contributed by atoms with Crippen LogP contribution in [0.2, 0.25) is 5.02 Å². The number of benzene rings is 1. The lowest BCUT2D eigenvalue weighted by molar-refractivity contribution is -0.156. The normalized spacial score (nSPS) is 19.6. The van der Waals surface area contributed by atoms with Gasteiger partial charge in [0.15, 0.2) is 0 Å². The van der Waals surface area contributed by atoms with Crippen LogP contribution < -0.4 is 5.32 Å². The van der Waals surface area contributed by atoms with E-state index >= 15 is 0 Å². The van der Waals surface area contributed by atoms with Gasteiger partial charge in [0, 0.05) is 24.7 Å². The number of halogens is 1. The third kappa shape index (κ3) is 3.23. The lowest BCUT2D eigenvalue weighted by Crippen LogP contribution is -2.53. The molecule has 1 fully saturated rings. The molecule has 1 heterocycles. The number of carbonyl (C=O) groups excluding carboxylic acids is 1. The van der Waals surface area contributed by atoms with Gasteiger partial charge in [-0.3, -0.25) is 4.90 Å². The Morgan fingerprint density at radius 1 is 1.33 bits per heavy atom. The van der Waals surface area contributed by atoms with Crippen LogP contribution in [0.25, 0.3) is 0 Å². The molecule has 1 saturated heterocycles. The Hall–Kier alpha value is -1.10. The van der Waals surface area contributed by atoms with E-state index in [0.717, 1.165) is 38.2 Å². The van der Waals surface area contributed by atoms with Crippen molar-refractivity contribution in [3.8, 4) is 0 Å². The Morgan fingerprint density at radius 2 is 2.05 bits per heavy atom. The minimum absolute atomic E-state index is 0.200. The van der Waals surface area contributed by atoms with Crippen molar-refractivity contribution in [3.05, 3.63) is 34.9 Å². The number of rotatable bonds is 4. The van der Waals surface area contributed by atoms with Gasteiger partial charge in [0.2, 0.25) is 0 Å². The van der Waals surface area contributed by atoms with Crippen molar-refractivity contribution in [2.24, 2.45) is 0 Å². The highest BCUT2D eigenvalue weighted by molar-refractivity contribution is 6.30. The highest BCUT2D eigenvalue weighted by atomic mass is 35.5. The van der Waals surface area contributed by atoms with E-state index in [1.165, 1.54) is 7.11 Å². The third-order valence-corrected chi connectivity index (χ3v) is 4.49. The van der Waals surface area contributed by atoms with Crippen LogP contribution in [0.1, 0.15) is 25.3 Å². The average molecular weight is 311 g/mol. The van der Waals surface area contributed by atoms with Crippen molar-refractivity contribution in [1.29, 1.82) is 0 Å². The van der Waals surface area contributed by atoms with Crippen LogP contribution >= 0.6 is 11.6 Å². The second-order valence-electron chi connectivity index (χ2n) is 5.30. The maximum absolute atomic E-state index is 12.6. The molecule has 0 aliphatic carbocycles. The molecular formula is C16H23ClN2O2. The zero-order valence-corrected chi connectivity index (χ0v) is 13.4. The molecule has 1 unspecified atom stereocenters. The zero-order chi connectivity index (χ0) is 15.3. The highest BCUT2D eigenvalue weighted by Crippen LogP contribution is 2.34. The fourth-order valence-electron chi connectivity index (χ4n) is 3.12. The molecule has 1 aromatic rings. The molecule has 0 radical (unpaired) electrons. The summed E-state index contributed by atoms with van der Waals surface area (Å²) in [6.45, 7) is 5.60. The molecule has 1 aromatic carbocycles. The average Bonchev–Trinajstić information content (AvgIpc) is 2.79. The van der Waals surface area contributed by atoms with Crippen LogP contribution in [0.3, 0.4) is 0 Å². The fourth-order valence-corrected chi connectivity index (χ4v) is 3.25. The molecule has 4 nitrogen and oxygen atoms in total. The van der Waals surface area contributed by atoms with Gasteiger partial charge in [0.25, 0.3) is 0 Å². The van der Waals surface area contributed by atoms with E-state index in [4.69, 9.17) is 16.3 Å². The van der Waals surface area contributed by atoms with E-state index < -0.39 is 5.54 Å². The van der Waals surface area contributed by atoms with Gasteiger partial charge in [-0.15, -0.1) is 0 Å². The third-order valence-electron chi connectivity index (χ3n) is 4.24. The minimum Gasteiger partial charge on any atom is -0.467 e. The number of nitrogens with zero attached hydrogens (tertiary/aromatic N) is 1. The number of hydrogen-bond acceptors (Lipinski definition) is 4. The largest absolute Gasteiger partial charge is 0.467 e. The molecule has 2 rings (SSSR count). The summed E-state index contributed by atoms with van der Waals surface area (Å²) < 4.78 is 5.15. The Balaban J connectivity index is 2.46. The Morgan fingerprint density at radius 3 is 2.67 bits per heavy atom. The summed E-state index contributed by atoms with van der Waals surface area (Å²) in [5, 5.41) is 4.05. The lowest BCUT2D eigenvalue weighted by atomic mass is 9.85. The second kappa shape index (κ2) is 7.25. The Labute approximate surface area is 131 Å². The van der Waals surface area contributed by atoms with Crippen LogP contribution in [0, 0.1) is 0 Å². The molecule has 1 atom stereocenters. The van der Waals surface area contributed by atoms with Gasteiger partial charge in [-0.05, 0) is 37.1 Å². The Kier molecular flexibility index (Phi) is 5.62.